The number of H-pyrrole nitrogens is 1. The molecule has 0 aliphatic carbocycles. The number of imidazole rings is 1. The summed E-state index contributed by atoms with van der Waals surface area (Å²) < 4.78 is 5.91. The third kappa shape index (κ3) is 3.65. The molecule has 11 nitrogen and oxygen atoms in total. The number of aliphatic hydroxyl groups is 2. The molecule has 2 fully saturated rings. The summed E-state index contributed by atoms with van der Waals surface area (Å²) in [6.07, 6.45) is -0.349. The molecule has 28 heavy (non-hydrogen) atoms. The number of anilines is 1. The summed E-state index contributed by atoms with van der Waals surface area (Å²) in [7, 11) is 0. The normalized spacial score (nSPS) is 33.1. The fourth-order valence-corrected chi connectivity index (χ4v) is 3.72. The van der Waals surface area contributed by atoms with E-state index < -0.39 is 24.5 Å². The van der Waals surface area contributed by atoms with Crippen molar-refractivity contribution in [2.24, 2.45) is 0 Å². The monoisotopic (exact) mass is 391 g/mol. The van der Waals surface area contributed by atoms with Gasteiger partial charge >= 0.3 is 0 Å². The van der Waals surface area contributed by atoms with Crippen LogP contribution in [-0.2, 0) is 9.53 Å². The topological polar surface area (TPSA) is 157 Å². The number of amides is 1. The van der Waals surface area contributed by atoms with Crippen LogP contribution in [0, 0.1) is 6.92 Å². The first-order chi connectivity index (χ1) is 13.4. The molecule has 4 rings (SSSR count). The number of nitrogens with zero attached hydrogens (tertiary/aromatic N) is 3. The van der Waals surface area contributed by atoms with Crippen molar-refractivity contribution in [1.29, 1.82) is 0 Å². The first-order valence-electron chi connectivity index (χ1n) is 9.41. The number of fused-ring (bicyclic) bond motifs is 1. The highest BCUT2D eigenvalue weighted by molar-refractivity contribution is 5.83. The molecule has 2 saturated heterocycles. The van der Waals surface area contributed by atoms with Crippen molar-refractivity contribution in [2.75, 3.05) is 11.9 Å². The van der Waals surface area contributed by atoms with E-state index in [1.165, 1.54) is 6.33 Å². The van der Waals surface area contributed by atoms with E-state index in [1.807, 2.05) is 13.8 Å². The number of aromatic nitrogens is 4. The SMILES string of the molecule is Cc1nc2ncnc(N[C@H]3O[C@@H](C)[C@H](NC(=O)[C@@H]4NCC[C@@H]4O)C[C@@H]3O)c2[nH]1. The van der Waals surface area contributed by atoms with Gasteiger partial charge in [-0.05, 0) is 26.8 Å². The van der Waals surface area contributed by atoms with Gasteiger partial charge in [0.25, 0.3) is 0 Å². The Kier molecular flexibility index (Phi) is 5.15. The van der Waals surface area contributed by atoms with Crippen molar-refractivity contribution in [1.82, 2.24) is 30.6 Å². The summed E-state index contributed by atoms with van der Waals surface area (Å²) >= 11 is 0. The summed E-state index contributed by atoms with van der Waals surface area (Å²) in [6, 6.07) is -0.993. The van der Waals surface area contributed by atoms with E-state index in [0.29, 0.717) is 42.2 Å². The van der Waals surface area contributed by atoms with E-state index >= 15 is 0 Å². The number of ether oxygens (including phenoxy) is 1. The molecule has 2 aromatic rings. The van der Waals surface area contributed by atoms with E-state index in [9.17, 15) is 15.0 Å². The first-order valence-corrected chi connectivity index (χ1v) is 9.41. The van der Waals surface area contributed by atoms with Gasteiger partial charge in [-0.25, -0.2) is 15.0 Å². The molecule has 2 aromatic heterocycles. The second-order valence-electron chi connectivity index (χ2n) is 7.36. The van der Waals surface area contributed by atoms with E-state index in [0.717, 1.165) is 0 Å². The lowest BCUT2D eigenvalue weighted by atomic mass is 9.99. The lowest BCUT2D eigenvalue weighted by molar-refractivity contribution is -0.135. The lowest BCUT2D eigenvalue weighted by Crippen LogP contribution is -2.58. The Morgan fingerprint density at radius 3 is 2.89 bits per heavy atom. The van der Waals surface area contributed by atoms with Gasteiger partial charge in [0, 0.05) is 6.42 Å². The standard InChI is InChI=1S/C17H25N7O4/c1-7-9(23-16(27)12-10(25)3-4-18-12)5-11(26)17(28-7)24-15-13-14(19-6-20-15)22-8(2)21-13/h6-7,9-12,17-18,25-26H,3-5H2,1-2H3,(H,23,27)(H2,19,20,21,22,24)/t7-,9+,10-,11-,12+,17-/m0/s1. The van der Waals surface area contributed by atoms with E-state index in [2.05, 4.69) is 35.9 Å². The minimum atomic E-state index is -0.864. The Hall–Kier alpha value is -2.34. The maximum absolute atomic E-state index is 12.4. The average Bonchev–Trinajstić information content (AvgIpc) is 3.24. The zero-order valence-electron chi connectivity index (χ0n) is 15.7. The maximum atomic E-state index is 12.4. The molecule has 0 saturated carbocycles. The van der Waals surface area contributed by atoms with Crippen molar-refractivity contribution in [3.8, 4) is 0 Å². The van der Waals surface area contributed by atoms with Gasteiger partial charge in [0.2, 0.25) is 5.91 Å². The molecule has 2 aliphatic rings. The van der Waals surface area contributed by atoms with Crippen LogP contribution in [0.15, 0.2) is 6.33 Å². The molecule has 1 amide bonds. The average molecular weight is 391 g/mol. The zero-order valence-corrected chi connectivity index (χ0v) is 15.7. The Balaban J connectivity index is 1.41. The lowest BCUT2D eigenvalue weighted by Gasteiger charge is -2.39. The zero-order chi connectivity index (χ0) is 19.8. The van der Waals surface area contributed by atoms with Crippen LogP contribution in [0.4, 0.5) is 5.82 Å². The summed E-state index contributed by atoms with van der Waals surface area (Å²) in [5.41, 5.74) is 1.17. The summed E-state index contributed by atoms with van der Waals surface area (Å²) in [4.78, 5) is 28.1. The fourth-order valence-electron chi connectivity index (χ4n) is 3.72. The fraction of sp³-hybridized carbons (Fsp3) is 0.647. The molecule has 0 spiro atoms. The number of carbonyl (C=O) groups excluding carboxylic acids is 1. The molecule has 0 bridgehead atoms. The molecule has 0 radical (unpaired) electrons. The predicted octanol–water partition coefficient (Wildman–Crippen LogP) is -1.22. The molecule has 6 N–H and O–H groups in total. The predicted molar refractivity (Wildman–Crippen MR) is 99.3 cm³/mol. The second-order valence-corrected chi connectivity index (χ2v) is 7.36. The highest BCUT2D eigenvalue weighted by Gasteiger charge is 2.39. The van der Waals surface area contributed by atoms with E-state index in [-0.39, 0.29) is 18.1 Å². The smallest absolute Gasteiger partial charge is 0.240 e. The van der Waals surface area contributed by atoms with Crippen LogP contribution in [0.5, 0.6) is 0 Å². The molecular formula is C17H25N7O4. The van der Waals surface area contributed by atoms with Crippen LogP contribution in [0.1, 0.15) is 25.6 Å². The largest absolute Gasteiger partial charge is 0.391 e. The summed E-state index contributed by atoms with van der Waals surface area (Å²) in [6.45, 7) is 4.26. The van der Waals surface area contributed by atoms with Gasteiger partial charge in [-0.15, -0.1) is 0 Å². The summed E-state index contributed by atoms with van der Waals surface area (Å²) in [5.74, 6) is 0.916. The minimum absolute atomic E-state index is 0.283. The van der Waals surface area contributed by atoms with Crippen LogP contribution in [0.2, 0.25) is 0 Å². The van der Waals surface area contributed by atoms with E-state index in [4.69, 9.17) is 4.74 Å². The van der Waals surface area contributed by atoms with Crippen LogP contribution in [0.3, 0.4) is 0 Å². The van der Waals surface area contributed by atoms with Crippen LogP contribution in [-0.4, -0.2) is 79.2 Å². The first kappa shape index (κ1) is 19.0. The number of nitrogens with one attached hydrogen (secondary N) is 4. The maximum Gasteiger partial charge on any atom is 0.240 e. The Labute approximate surface area is 161 Å². The Morgan fingerprint density at radius 1 is 1.32 bits per heavy atom. The Bertz CT molecular complexity index is 859. The molecule has 11 heteroatoms. The van der Waals surface area contributed by atoms with Gasteiger partial charge < -0.3 is 35.9 Å². The Morgan fingerprint density at radius 2 is 2.14 bits per heavy atom. The van der Waals surface area contributed by atoms with Crippen LogP contribution < -0.4 is 16.0 Å². The van der Waals surface area contributed by atoms with Gasteiger partial charge in [0.15, 0.2) is 17.7 Å². The summed E-state index contributed by atoms with van der Waals surface area (Å²) in [5, 5.41) is 29.4. The van der Waals surface area contributed by atoms with Crippen LogP contribution in [0.25, 0.3) is 11.2 Å². The van der Waals surface area contributed by atoms with Gasteiger partial charge in [0.1, 0.15) is 29.8 Å². The van der Waals surface area contributed by atoms with Crippen LogP contribution >= 0.6 is 0 Å². The van der Waals surface area contributed by atoms with Crippen molar-refractivity contribution in [3.63, 3.8) is 0 Å². The molecule has 0 unspecified atom stereocenters. The van der Waals surface area contributed by atoms with Crippen molar-refractivity contribution in [3.05, 3.63) is 12.2 Å². The molecular weight excluding hydrogens is 366 g/mol. The number of rotatable bonds is 4. The number of aryl methyl sites for hydroxylation is 1. The molecule has 0 aromatic carbocycles. The third-order valence-electron chi connectivity index (χ3n) is 5.26. The highest BCUT2D eigenvalue weighted by atomic mass is 16.5. The number of hydrogen-bond donors (Lipinski definition) is 6. The van der Waals surface area contributed by atoms with Gasteiger partial charge in [-0.3, -0.25) is 4.79 Å². The van der Waals surface area contributed by atoms with Gasteiger partial charge in [0.05, 0.1) is 18.2 Å². The number of aromatic amines is 1. The number of carbonyl (C=O) groups is 1. The quantitative estimate of drug-likeness (QED) is 0.376. The van der Waals surface area contributed by atoms with Gasteiger partial charge in [-0.2, -0.15) is 0 Å². The molecule has 2 aliphatic heterocycles. The second kappa shape index (κ2) is 7.59. The number of hydrogen-bond acceptors (Lipinski definition) is 9. The molecule has 152 valence electrons. The van der Waals surface area contributed by atoms with E-state index in [1.54, 1.807) is 0 Å². The third-order valence-corrected chi connectivity index (χ3v) is 5.26. The molecule has 4 heterocycles. The highest BCUT2D eigenvalue weighted by Crippen LogP contribution is 2.24. The van der Waals surface area contributed by atoms with Crippen molar-refractivity contribution >= 4 is 22.9 Å². The van der Waals surface area contributed by atoms with Crippen molar-refractivity contribution < 1.29 is 19.7 Å². The molecule has 6 atom stereocenters. The minimum Gasteiger partial charge on any atom is -0.391 e. The van der Waals surface area contributed by atoms with Gasteiger partial charge in [-0.1, -0.05) is 0 Å². The number of aliphatic hydroxyl groups excluding tert-OH is 2. The van der Waals surface area contributed by atoms with Crippen molar-refractivity contribution in [2.45, 2.75) is 63.3 Å².